The van der Waals surface area contributed by atoms with Crippen LogP contribution in [0.3, 0.4) is 0 Å². The third-order valence-electron chi connectivity index (χ3n) is 3.51. The van der Waals surface area contributed by atoms with Gasteiger partial charge >= 0.3 is 0 Å². The van der Waals surface area contributed by atoms with Gasteiger partial charge in [0.15, 0.2) is 22.5 Å². The van der Waals surface area contributed by atoms with Gasteiger partial charge in [0, 0.05) is 18.0 Å². The second-order valence-corrected chi connectivity index (χ2v) is 6.30. The minimum atomic E-state index is 0.382. The molecule has 3 aromatic rings. The molecule has 0 N–H and O–H groups in total. The van der Waals surface area contributed by atoms with Gasteiger partial charge in [-0.25, -0.2) is 9.97 Å². The molecule has 102 valence electrons. The minimum Gasteiger partial charge on any atom is -0.441 e. The van der Waals surface area contributed by atoms with Crippen molar-refractivity contribution >= 4 is 34.5 Å². The number of aromatic nitrogens is 3. The van der Waals surface area contributed by atoms with Gasteiger partial charge in [-0.15, -0.1) is 0 Å². The SMILES string of the molecule is Clc1ccc(-c2nc3cccnc3n2C2CCSC2)o1. The van der Waals surface area contributed by atoms with E-state index >= 15 is 0 Å². The molecule has 20 heavy (non-hydrogen) atoms. The van der Waals surface area contributed by atoms with Crippen LogP contribution in [-0.2, 0) is 0 Å². The van der Waals surface area contributed by atoms with Crippen molar-refractivity contribution in [3.05, 3.63) is 35.7 Å². The normalized spacial score (nSPS) is 18.9. The average molecular weight is 306 g/mol. The van der Waals surface area contributed by atoms with Crippen LogP contribution in [0.4, 0.5) is 0 Å². The largest absolute Gasteiger partial charge is 0.441 e. The fourth-order valence-corrected chi connectivity index (χ4v) is 3.95. The van der Waals surface area contributed by atoms with Crippen molar-refractivity contribution in [1.82, 2.24) is 14.5 Å². The van der Waals surface area contributed by atoms with Crippen molar-refractivity contribution in [1.29, 1.82) is 0 Å². The van der Waals surface area contributed by atoms with Crippen molar-refractivity contribution < 1.29 is 4.42 Å². The molecule has 4 nitrogen and oxygen atoms in total. The third kappa shape index (κ3) is 1.93. The van der Waals surface area contributed by atoms with Crippen LogP contribution >= 0.6 is 23.4 Å². The summed E-state index contributed by atoms with van der Waals surface area (Å²) in [5, 5.41) is 0.382. The zero-order valence-corrected chi connectivity index (χ0v) is 12.2. The van der Waals surface area contributed by atoms with Gasteiger partial charge in [0.2, 0.25) is 0 Å². The van der Waals surface area contributed by atoms with E-state index in [0.29, 0.717) is 17.0 Å². The van der Waals surface area contributed by atoms with E-state index in [2.05, 4.69) is 14.5 Å². The Morgan fingerprint density at radius 3 is 3.05 bits per heavy atom. The smallest absolute Gasteiger partial charge is 0.194 e. The van der Waals surface area contributed by atoms with Crippen molar-refractivity contribution in [3.8, 4) is 11.6 Å². The minimum absolute atomic E-state index is 0.382. The molecule has 1 unspecified atom stereocenters. The highest BCUT2D eigenvalue weighted by Crippen LogP contribution is 2.35. The molecule has 1 aliphatic rings. The van der Waals surface area contributed by atoms with Gasteiger partial charge in [-0.1, -0.05) is 0 Å². The summed E-state index contributed by atoms with van der Waals surface area (Å²) < 4.78 is 7.75. The lowest BCUT2D eigenvalue weighted by atomic mass is 10.2. The number of hydrogen-bond acceptors (Lipinski definition) is 4. The molecule has 1 aliphatic heterocycles. The zero-order chi connectivity index (χ0) is 13.5. The molecule has 0 spiro atoms. The lowest BCUT2D eigenvalue weighted by molar-refractivity contribution is 0.543. The van der Waals surface area contributed by atoms with Gasteiger partial charge in [0.25, 0.3) is 0 Å². The van der Waals surface area contributed by atoms with Crippen LogP contribution in [-0.4, -0.2) is 26.0 Å². The molecule has 0 bridgehead atoms. The first-order valence-electron chi connectivity index (χ1n) is 6.49. The molecule has 0 saturated carbocycles. The van der Waals surface area contributed by atoms with E-state index in [1.54, 1.807) is 6.07 Å². The molecule has 0 aromatic carbocycles. The number of rotatable bonds is 2. The average Bonchev–Trinajstić information content (AvgIpc) is 3.15. The summed E-state index contributed by atoms with van der Waals surface area (Å²) in [7, 11) is 0. The topological polar surface area (TPSA) is 43.9 Å². The Kier molecular flexibility index (Phi) is 2.97. The molecule has 0 radical (unpaired) electrons. The van der Waals surface area contributed by atoms with Crippen LogP contribution in [0, 0.1) is 0 Å². The summed E-state index contributed by atoms with van der Waals surface area (Å²) in [4.78, 5) is 9.17. The van der Waals surface area contributed by atoms with Crippen LogP contribution in [0.2, 0.25) is 5.22 Å². The maximum absolute atomic E-state index is 5.90. The fraction of sp³-hybridized carbons (Fsp3) is 0.286. The Balaban J connectivity index is 1.96. The zero-order valence-electron chi connectivity index (χ0n) is 10.6. The van der Waals surface area contributed by atoms with Crippen molar-refractivity contribution in [2.75, 3.05) is 11.5 Å². The van der Waals surface area contributed by atoms with E-state index in [1.807, 2.05) is 36.2 Å². The predicted molar refractivity (Wildman–Crippen MR) is 81.2 cm³/mol. The summed E-state index contributed by atoms with van der Waals surface area (Å²) in [5.74, 6) is 3.78. The van der Waals surface area contributed by atoms with E-state index in [0.717, 1.165) is 29.2 Å². The molecule has 6 heteroatoms. The Morgan fingerprint density at radius 2 is 2.30 bits per heavy atom. The second-order valence-electron chi connectivity index (χ2n) is 4.77. The molecule has 1 fully saturated rings. The van der Waals surface area contributed by atoms with Crippen molar-refractivity contribution in [2.24, 2.45) is 0 Å². The summed E-state index contributed by atoms with van der Waals surface area (Å²) in [6, 6.07) is 7.91. The van der Waals surface area contributed by atoms with Gasteiger partial charge < -0.3 is 8.98 Å². The van der Waals surface area contributed by atoms with Crippen molar-refractivity contribution in [2.45, 2.75) is 12.5 Å². The number of pyridine rings is 1. The maximum Gasteiger partial charge on any atom is 0.194 e. The number of imidazole rings is 1. The van der Waals surface area contributed by atoms with E-state index < -0.39 is 0 Å². The molecule has 4 rings (SSSR count). The van der Waals surface area contributed by atoms with Gasteiger partial charge in [0.1, 0.15) is 5.52 Å². The Labute approximate surface area is 125 Å². The molecular weight excluding hydrogens is 294 g/mol. The summed E-state index contributed by atoms with van der Waals surface area (Å²) in [6.45, 7) is 0. The molecule has 3 aromatic heterocycles. The predicted octanol–water partition coefficient (Wildman–Crippen LogP) is 4.02. The number of fused-ring (bicyclic) bond motifs is 1. The van der Waals surface area contributed by atoms with Gasteiger partial charge in [-0.2, -0.15) is 11.8 Å². The number of halogens is 1. The number of nitrogens with zero attached hydrogens (tertiary/aromatic N) is 3. The van der Waals surface area contributed by atoms with Crippen LogP contribution in [0.25, 0.3) is 22.7 Å². The Morgan fingerprint density at radius 1 is 1.35 bits per heavy atom. The fourth-order valence-electron chi connectivity index (χ4n) is 2.61. The number of furan rings is 1. The molecule has 4 heterocycles. The van der Waals surface area contributed by atoms with Gasteiger partial charge in [0.05, 0.1) is 0 Å². The Hall–Kier alpha value is -1.46. The highest BCUT2D eigenvalue weighted by atomic mass is 35.5. The van der Waals surface area contributed by atoms with E-state index in [1.165, 1.54) is 5.75 Å². The highest BCUT2D eigenvalue weighted by molar-refractivity contribution is 7.99. The third-order valence-corrected chi connectivity index (χ3v) is 4.86. The van der Waals surface area contributed by atoms with Crippen LogP contribution < -0.4 is 0 Å². The first-order valence-corrected chi connectivity index (χ1v) is 8.02. The molecular formula is C14H12ClN3OS. The van der Waals surface area contributed by atoms with Crippen LogP contribution in [0.1, 0.15) is 12.5 Å². The maximum atomic E-state index is 5.90. The Bertz CT molecular complexity index is 761. The first kappa shape index (κ1) is 12.3. The highest BCUT2D eigenvalue weighted by Gasteiger charge is 2.25. The lowest BCUT2D eigenvalue weighted by Crippen LogP contribution is -2.09. The summed E-state index contributed by atoms with van der Waals surface area (Å²) >= 11 is 7.86. The molecule has 0 aliphatic carbocycles. The van der Waals surface area contributed by atoms with E-state index in [4.69, 9.17) is 16.0 Å². The summed E-state index contributed by atoms with van der Waals surface area (Å²) in [5.41, 5.74) is 1.81. The van der Waals surface area contributed by atoms with E-state index in [-0.39, 0.29) is 0 Å². The first-order chi connectivity index (χ1) is 9.83. The molecule has 1 atom stereocenters. The summed E-state index contributed by atoms with van der Waals surface area (Å²) in [6.07, 6.45) is 2.94. The quantitative estimate of drug-likeness (QED) is 0.717. The number of thioether (sulfide) groups is 1. The van der Waals surface area contributed by atoms with Crippen LogP contribution in [0.15, 0.2) is 34.9 Å². The van der Waals surface area contributed by atoms with Crippen molar-refractivity contribution in [3.63, 3.8) is 0 Å². The van der Waals surface area contributed by atoms with Gasteiger partial charge in [-0.05, 0) is 48.0 Å². The van der Waals surface area contributed by atoms with E-state index in [9.17, 15) is 0 Å². The van der Waals surface area contributed by atoms with Crippen LogP contribution in [0.5, 0.6) is 0 Å². The molecule has 0 amide bonds. The number of hydrogen-bond donors (Lipinski definition) is 0. The van der Waals surface area contributed by atoms with Gasteiger partial charge in [-0.3, -0.25) is 0 Å². The monoisotopic (exact) mass is 305 g/mol. The standard InChI is InChI=1S/C14H12ClN3OS/c15-12-4-3-11(19-12)14-17-10-2-1-6-16-13(10)18(14)9-5-7-20-8-9/h1-4,6,9H,5,7-8H2. The lowest BCUT2D eigenvalue weighted by Gasteiger charge is -2.13. The second kappa shape index (κ2) is 4.82. The molecule has 1 saturated heterocycles.